The molecule has 0 aliphatic carbocycles. The van der Waals surface area contributed by atoms with E-state index in [9.17, 15) is 10.0 Å². The number of carbonyl (C=O) groups excluding carboxylic acids is 1. The van der Waals surface area contributed by atoms with Gasteiger partial charge in [-0.25, -0.2) is 4.79 Å². The van der Waals surface area contributed by atoms with Crippen LogP contribution in [0.5, 0.6) is 0 Å². The van der Waals surface area contributed by atoms with Gasteiger partial charge in [0.2, 0.25) is 6.20 Å². The van der Waals surface area contributed by atoms with Gasteiger partial charge >= 0.3 is 11.7 Å². The number of carbonyl (C=O) groups is 1. The monoisotopic (exact) mass is 204 g/mol. The van der Waals surface area contributed by atoms with Crippen molar-refractivity contribution in [3.05, 3.63) is 42.2 Å². The summed E-state index contributed by atoms with van der Waals surface area (Å²) in [4.78, 5) is 11.4. The van der Waals surface area contributed by atoms with Crippen molar-refractivity contribution in [1.82, 2.24) is 0 Å². The van der Waals surface area contributed by atoms with Crippen LogP contribution in [0.3, 0.4) is 0 Å². The van der Waals surface area contributed by atoms with Crippen molar-refractivity contribution in [2.45, 2.75) is 0 Å². The molecule has 0 saturated heterocycles. The minimum Gasteiger partial charge on any atom is -0.461 e. The van der Waals surface area contributed by atoms with Crippen LogP contribution in [0.25, 0.3) is 10.8 Å². The molecule has 2 rings (SSSR count). The average molecular weight is 204 g/mol. The molecule has 4 nitrogen and oxygen atoms in total. The van der Waals surface area contributed by atoms with Gasteiger partial charge in [0.25, 0.3) is 0 Å². The number of hydrogen-bond acceptors (Lipinski definition) is 3. The Labute approximate surface area is 86.3 Å². The van der Waals surface area contributed by atoms with Crippen molar-refractivity contribution in [2.24, 2.45) is 0 Å². The molecule has 4 heteroatoms. The number of hydrogen-bond donors (Lipinski definition) is 1. The quantitative estimate of drug-likeness (QED) is 0.430. The third kappa shape index (κ3) is 1.50. The molecule has 0 spiro atoms. The highest BCUT2D eigenvalue weighted by atomic mass is 16.5. The summed E-state index contributed by atoms with van der Waals surface area (Å²) in [6.45, 7) is 0. The Hall–Kier alpha value is -2.10. The number of pyridine rings is 1. The van der Waals surface area contributed by atoms with Gasteiger partial charge in [0, 0.05) is 10.8 Å². The fraction of sp³-hybridized carbons (Fsp3) is 0.0909. The minimum atomic E-state index is -0.561. The highest BCUT2D eigenvalue weighted by Gasteiger charge is 2.24. The highest BCUT2D eigenvalue weighted by Crippen LogP contribution is 2.15. The van der Waals surface area contributed by atoms with Crippen molar-refractivity contribution < 1.29 is 19.5 Å². The zero-order valence-electron chi connectivity index (χ0n) is 8.18. The molecule has 76 valence electrons. The van der Waals surface area contributed by atoms with Crippen LogP contribution < -0.4 is 4.73 Å². The average Bonchev–Trinajstić information content (AvgIpc) is 2.28. The van der Waals surface area contributed by atoms with E-state index in [1.165, 1.54) is 13.3 Å². The predicted molar refractivity (Wildman–Crippen MR) is 52.7 cm³/mol. The number of aromatic nitrogens is 1. The largest absolute Gasteiger partial charge is 0.461 e. The summed E-state index contributed by atoms with van der Waals surface area (Å²) < 4.78 is 5.38. The van der Waals surface area contributed by atoms with Gasteiger partial charge in [0.15, 0.2) is 0 Å². The zero-order chi connectivity index (χ0) is 10.8. The molecule has 0 radical (unpaired) electrons. The number of rotatable bonds is 1. The van der Waals surface area contributed by atoms with Crippen LogP contribution in [0.2, 0.25) is 0 Å². The Kier molecular flexibility index (Phi) is 2.25. The molecule has 1 N–H and O–H groups in total. The topological polar surface area (TPSA) is 50.4 Å². The van der Waals surface area contributed by atoms with Crippen molar-refractivity contribution in [3.63, 3.8) is 0 Å². The molecule has 0 saturated carbocycles. The fourth-order valence-corrected chi connectivity index (χ4v) is 1.51. The number of ether oxygens (including phenoxy) is 1. The smallest absolute Gasteiger partial charge is 0.409 e. The summed E-state index contributed by atoms with van der Waals surface area (Å²) >= 11 is 0. The van der Waals surface area contributed by atoms with Crippen LogP contribution in [0, 0.1) is 0 Å². The lowest BCUT2D eigenvalue weighted by Crippen LogP contribution is -2.37. The van der Waals surface area contributed by atoms with Crippen molar-refractivity contribution >= 4 is 16.7 Å². The maximum Gasteiger partial charge on any atom is 0.409 e. The van der Waals surface area contributed by atoms with Crippen LogP contribution in [-0.2, 0) is 4.74 Å². The lowest BCUT2D eigenvalue weighted by Gasteiger charge is -1.99. The van der Waals surface area contributed by atoms with E-state index in [0.717, 1.165) is 10.1 Å². The predicted octanol–water partition coefficient (Wildman–Crippen LogP) is 1.15. The van der Waals surface area contributed by atoms with E-state index in [-0.39, 0.29) is 5.69 Å². The Bertz CT molecular complexity index is 522. The minimum absolute atomic E-state index is 0.135. The van der Waals surface area contributed by atoms with Gasteiger partial charge in [-0.2, -0.15) is 0 Å². The second-order valence-electron chi connectivity index (χ2n) is 3.09. The van der Waals surface area contributed by atoms with Gasteiger partial charge in [-0.15, -0.1) is 0 Å². The molecule has 0 atom stereocenters. The number of benzene rings is 1. The fourth-order valence-electron chi connectivity index (χ4n) is 1.51. The molecule has 0 unspecified atom stereocenters. The Morgan fingerprint density at radius 3 is 2.80 bits per heavy atom. The van der Waals surface area contributed by atoms with E-state index in [1.54, 1.807) is 18.2 Å². The number of methoxy groups -OCH3 is 1. The lowest BCUT2D eigenvalue weighted by molar-refractivity contribution is -0.905. The molecule has 0 amide bonds. The van der Waals surface area contributed by atoms with E-state index in [4.69, 9.17) is 0 Å². The molecule has 0 aliphatic rings. The lowest BCUT2D eigenvalue weighted by atomic mass is 10.1. The highest BCUT2D eigenvalue weighted by molar-refractivity contribution is 6.00. The third-order valence-electron chi connectivity index (χ3n) is 2.22. The van der Waals surface area contributed by atoms with Crippen molar-refractivity contribution in [2.75, 3.05) is 7.11 Å². The second kappa shape index (κ2) is 3.57. The summed E-state index contributed by atoms with van der Waals surface area (Å²) in [6.07, 6.45) is 1.41. The molecule has 2 aromatic rings. The van der Waals surface area contributed by atoms with Crippen LogP contribution in [0.1, 0.15) is 10.5 Å². The first-order valence-corrected chi connectivity index (χ1v) is 4.45. The first-order valence-electron chi connectivity index (χ1n) is 4.45. The van der Waals surface area contributed by atoms with Crippen LogP contribution in [0.15, 0.2) is 36.5 Å². The van der Waals surface area contributed by atoms with E-state index >= 15 is 0 Å². The normalized spacial score (nSPS) is 10.2. The molecule has 0 bridgehead atoms. The summed E-state index contributed by atoms with van der Waals surface area (Å²) in [5.41, 5.74) is 0.135. The summed E-state index contributed by atoms with van der Waals surface area (Å²) in [7, 11) is 1.28. The first kappa shape index (κ1) is 9.45. The van der Waals surface area contributed by atoms with E-state index < -0.39 is 5.97 Å². The first-order chi connectivity index (χ1) is 7.24. The maximum atomic E-state index is 11.4. The Morgan fingerprint density at radius 1 is 1.33 bits per heavy atom. The van der Waals surface area contributed by atoms with Gasteiger partial charge in [-0.3, -0.25) is 5.21 Å². The van der Waals surface area contributed by atoms with E-state index in [0.29, 0.717) is 5.39 Å². The second-order valence-corrected chi connectivity index (χ2v) is 3.09. The third-order valence-corrected chi connectivity index (χ3v) is 2.22. The number of fused-ring (bicyclic) bond motifs is 1. The maximum absolute atomic E-state index is 11.4. The van der Waals surface area contributed by atoms with Crippen molar-refractivity contribution in [1.29, 1.82) is 0 Å². The molecule has 0 fully saturated rings. The molecule has 1 aromatic carbocycles. The zero-order valence-corrected chi connectivity index (χ0v) is 8.18. The van der Waals surface area contributed by atoms with Crippen LogP contribution in [-0.4, -0.2) is 18.3 Å². The molecular weight excluding hydrogens is 194 g/mol. The van der Waals surface area contributed by atoms with Gasteiger partial charge in [0.05, 0.1) is 12.5 Å². The Morgan fingerprint density at radius 2 is 2.07 bits per heavy atom. The van der Waals surface area contributed by atoms with Crippen LogP contribution in [0.4, 0.5) is 0 Å². The van der Waals surface area contributed by atoms with Gasteiger partial charge < -0.3 is 4.74 Å². The van der Waals surface area contributed by atoms with Gasteiger partial charge in [-0.05, 0) is 11.5 Å². The summed E-state index contributed by atoms with van der Waals surface area (Å²) in [5, 5.41) is 11.1. The summed E-state index contributed by atoms with van der Waals surface area (Å²) in [6, 6.07) is 9.01. The van der Waals surface area contributed by atoms with Crippen molar-refractivity contribution in [3.8, 4) is 0 Å². The summed E-state index contributed by atoms with van der Waals surface area (Å²) in [5.74, 6) is -0.561. The molecule has 1 aromatic heterocycles. The van der Waals surface area contributed by atoms with E-state index in [2.05, 4.69) is 4.74 Å². The van der Waals surface area contributed by atoms with Gasteiger partial charge in [0.1, 0.15) is 0 Å². The standard InChI is InChI=1S/C11H10NO3/c1-15-11(13)10-9-5-3-2-4-8(9)6-7-12(10)14/h2-7,14H,1H3/q+1. The molecule has 15 heavy (non-hydrogen) atoms. The van der Waals surface area contributed by atoms with Gasteiger partial charge in [-0.1, -0.05) is 18.2 Å². The number of esters is 1. The molecular formula is C11H10NO3+. The number of nitrogens with zero attached hydrogens (tertiary/aromatic N) is 1. The van der Waals surface area contributed by atoms with Crippen LogP contribution >= 0.6 is 0 Å². The Balaban J connectivity index is 2.79. The molecule has 0 aliphatic heterocycles. The van der Waals surface area contributed by atoms with E-state index in [1.807, 2.05) is 12.1 Å². The SMILES string of the molecule is COC(=O)c1c2ccccc2cc[n+]1O. The molecule has 1 heterocycles.